The number of carbonyl (C=O) groups is 1. The first kappa shape index (κ1) is 25.3. The number of aryl methyl sites for hydroxylation is 1. The number of benzene rings is 3. The van der Waals surface area contributed by atoms with Crippen molar-refractivity contribution in [3.05, 3.63) is 105 Å². The van der Waals surface area contributed by atoms with Crippen molar-refractivity contribution in [1.82, 2.24) is 4.57 Å². The Morgan fingerprint density at radius 2 is 1.73 bits per heavy atom. The first-order chi connectivity index (χ1) is 17.6. The Balaban J connectivity index is 1.84. The lowest BCUT2D eigenvalue weighted by molar-refractivity contribution is 0.0992. The molecule has 1 aliphatic heterocycles. The summed E-state index contributed by atoms with van der Waals surface area (Å²) in [5.74, 6) is -1.01. The van der Waals surface area contributed by atoms with Crippen molar-refractivity contribution in [3.63, 3.8) is 0 Å². The highest BCUT2D eigenvalue weighted by Gasteiger charge is 2.45. The molecular formula is C29H24Cl2F2N2O2. The number of halogens is 4. The molecule has 1 atom stereocenters. The van der Waals surface area contributed by atoms with Crippen LogP contribution >= 0.6 is 23.2 Å². The SMILES string of the molecule is COc1ccc(F)cc1-c1cc2c(n1C(C)C)C(c1ccc(Cl)cc1C)N(c1cccc(Cl)c1F)C2=O. The Hall–Kier alpha value is -3.35. The first-order valence-corrected chi connectivity index (χ1v) is 12.5. The maximum atomic E-state index is 15.3. The van der Waals surface area contributed by atoms with Gasteiger partial charge in [0.2, 0.25) is 0 Å². The molecule has 4 nitrogen and oxygen atoms in total. The number of amides is 1. The maximum Gasteiger partial charge on any atom is 0.261 e. The molecule has 0 spiro atoms. The fourth-order valence-electron chi connectivity index (χ4n) is 5.16. The van der Waals surface area contributed by atoms with Gasteiger partial charge in [0.05, 0.1) is 34.8 Å². The second-order valence-corrected chi connectivity index (χ2v) is 10.1. The Labute approximate surface area is 224 Å². The van der Waals surface area contributed by atoms with Gasteiger partial charge in [0.15, 0.2) is 5.82 Å². The van der Waals surface area contributed by atoms with E-state index in [1.165, 1.54) is 30.2 Å². The summed E-state index contributed by atoms with van der Waals surface area (Å²) in [7, 11) is 1.52. The fraction of sp³-hybridized carbons (Fsp3) is 0.207. The minimum absolute atomic E-state index is 0.0771. The zero-order chi connectivity index (χ0) is 26.6. The van der Waals surface area contributed by atoms with Crippen LogP contribution in [0.5, 0.6) is 5.75 Å². The molecule has 0 saturated heterocycles. The molecule has 0 fully saturated rings. The van der Waals surface area contributed by atoms with E-state index in [1.54, 1.807) is 30.3 Å². The standard InChI is InChI=1S/C29H24Cl2F2N2O2/c1-15(2)34-24(20-13-18(32)9-11-25(20)37-4)14-21-28(34)27(19-10-8-17(30)12-16(19)3)35(29(21)36)23-7-5-6-22(31)26(23)33/h5-15,27H,1-4H3. The molecule has 8 heteroatoms. The van der Waals surface area contributed by atoms with Gasteiger partial charge in [0.1, 0.15) is 17.6 Å². The van der Waals surface area contributed by atoms with E-state index in [2.05, 4.69) is 0 Å². The molecule has 190 valence electrons. The Morgan fingerprint density at radius 3 is 2.41 bits per heavy atom. The summed E-state index contributed by atoms with van der Waals surface area (Å²) in [6.07, 6.45) is 0. The number of hydrogen-bond donors (Lipinski definition) is 0. The van der Waals surface area contributed by atoms with Gasteiger partial charge in [-0.2, -0.15) is 0 Å². The molecule has 4 aromatic rings. The number of ether oxygens (including phenoxy) is 1. The molecule has 0 N–H and O–H groups in total. The van der Waals surface area contributed by atoms with Crippen molar-refractivity contribution < 1.29 is 18.3 Å². The van der Waals surface area contributed by atoms with Gasteiger partial charge in [-0.05, 0) is 80.4 Å². The van der Waals surface area contributed by atoms with Crippen LogP contribution in [-0.4, -0.2) is 17.6 Å². The lowest BCUT2D eigenvalue weighted by Crippen LogP contribution is -2.31. The number of nitrogens with zero attached hydrogens (tertiary/aromatic N) is 2. The largest absolute Gasteiger partial charge is 0.496 e. The molecular weight excluding hydrogens is 517 g/mol. The normalized spacial score (nSPS) is 15.0. The lowest BCUT2D eigenvalue weighted by atomic mass is 9.98. The van der Waals surface area contributed by atoms with E-state index < -0.39 is 17.7 Å². The van der Waals surface area contributed by atoms with Gasteiger partial charge in [-0.25, -0.2) is 8.78 Å². The summed E-state index contributed by atoms with van der Waals surface area (Å²) < 4.78 is 37.2. The van der Waals surface area contributed by atoms with E-state index in [-0.39, 0.29) is 22.7 Å². The molecule has 0 bridgehead atoms. The molecule has 0 radical (unpaired) electrons. The fourth-order valence-corrected chi connectivity index (χ4v) is 5.56. The van der Waals surface area contributed by atoms with E-state index in [9.17, 15) is 9.18 Å². The number of hydrogen-bond acceptors (Lipinski definition) is 2. The third-order valence-corrected chi connectivity index (χ3v) is 7.24. The van der Waals surface area contributed by atoms with Crippen LogP contribution in [-0.2, 0) is 0 Å². The average Bonchev–Trinajstić information content (AvgIpc) is 3.36. The molecule has 1 aromatic heterocycles. The number of methoxy groups -OCH3 is 1. The van der Waals surface area contributed by atoms with Crippen LogP contribution in [0.1, 0.15) is 53.1 Å². The zero-order valence-electron chi connectivity index (χ0n) is 20.7. The molecule has 5 rings (SSSR count). The van der Waals surface area contributed by atoms with Crippen molar-refractivity contribution >= 4 is 34.8 Å². The Kier molecular flexibility index (Phi) is 6.50. The van der Waals surface area contributed by atoms with Gasteiger partial charge < -0.3 is 9.30 Å². The van der Waals surface area contributed by atoms with Crippen LogP contribution in [0.2, 0.25) is 10.0 Å². The number of anilines is 1. The molecule has 1 unspecified atom stereocenters. The summed E-state index contributed by atoms with van der Waals surface area (Å²) in [5, 5.41) is 0.473. The molecule has 37 heavy (non-hydrogen) atoms. The van der Waals surface area contributed by atoms with Gasteiger partial charge in [-0.15, -0.1) is 0 Å². The molecule has 0 aliphatic carbocycles. The van der Waals surface area contributed by atoms with E-state index >= 15 is 4.39 Å². The first-order valence-electron chi connectivity index (χ1n) is 11.8. The highest BCUT2D eigenvalue weighted by Crippen LogP contribution is 2.48. The molecule has 0 saturated carbocycles. The maximum absolute atomic E-state index is 15.3. The van der Waals surface area contributed by atoms with Crippen LogP contribution in [0.4, 0.5) is 14.5 Å². The average molecular weight is 541 g/mol. The monoisotopic (exact) mass is 540 g/mol. The van der Waals surface area contributed by atoms with Crippen molar-refractivity contribution in [3.8, 4) is 17.0 Å². The molecule has 2 heterocycles. The third kappa shape index (κ3) is 4.09. The predicted molar refractivity (Wildman–Crippen MR) is 143 cm³/mol. The number of carbonyl (C=O) groups excluding carboxylic acids is 1. The van der Waals surface area contributed by atoms with Gasteiger partial charge in [0, 0.05) is 16.6 Å². The summed E-state index contributed by atoms with van der Waals surface area (Å²) in [4.78, 5) is 15.5. The van der Waals surface area contributed by atoms with Gasteiger partial charge in [-0.3, -0.25) is 9.69 Å². The number of aromatic nitrogens is 1. The second-order valence-electron chi connectivity index (χ2n) is 9.29. The van der Waals surface area contributed by atoms with Crippen LogP contribution < -0.4 is 9.64 Å². The third-order valence-electron chi connectivity index (χ3n) is 6.71. The van der Waals surface area contributed by atoms with Crippen LogP contribution in [0.3, 0.4) is 0 Å². The predicted octanol–water partition coefficient (Wildman–Crippen LogP) is 8.39. The zero-order valence-corrected chi connectivity index (χ0v) is 22.2. The molecule has 1 aliphatic rings. The minimum atomic E-state index is -0.678. The van der Waals surface area contributed by atoms with Gasteiger partial charge in [-0.1, -0.05) is 35.3 Å². The Bertz CT molecular complexity index is 1550. The second kappa shape index (κ2) is 9.51. The summed E-state index contributed by atoms with van der Waals surface area (Å²) in [6.45, 7) is 5.86. The smallest absolute Gasteiger partial charge is 0.261 e. The highest BCUT2D eigenvalue weighted by atomic mass is 35.5. The van der Waals surface area contributed by atoms with Crippen LogP contribution in [0, 0.1) is 18.6 Å². The quantitative estimate of drug-likeness (QED) is 0.254. The van der Waals surface area contributed by atoms with E-state index in [4.69, 9.17) is 27.9 Å². The molecule has 3 aromatic carbocycles. The highest BCUT2D eigenvalue weighted by molar-refractivity contribution is 6.31. The van der Waals surface area contributed by atoms with Crippen LogP contribution in [0.15, 0.2) is 60.7 Å². The number of rotatable bonds is 5. The summed E-state index contributed by atoms with van der Waals surface area (Å²) in [5.41, 5.74) is 3.92. The van der Waals surface area contributed by atoms with E-state index in [1.807, 2.05) is 37.5 Å². The Morgan fingerprint density at radius 1 is 0.973 bits per heavy atom. The summed E-state index contributed by atoms with van der Waals surface area (Å²) in [6, 6.07) is 15.2. The van der Waals surface area contributed by atoms with E-state index in [0.717, 1.165) is 11.1 Å². The van der Waals surface area contributed by atoms with Gasteiger partial charge in [0.25, 0.3) is 5.91 Å². The lowest BCUT2D eigenvalue weighted by Gasteiger charge is -2.30. The minimum Gasteiger partial charge on any atom is -0.496 e. The van der Waals surface area contributed by atoms with Crippen molar-refractivity contribution in [2.24, 2.45) is 0 Å². The van der Waals surface area contributed by atoms with E-state index in [0.29, 0.717) is 33.3 Å². The van der Waals surface area contributed by atoms with Crippen molar-refractivity contribution in [2.75, 3.05) is 12.0 Å². The van der Waals surface area contributed by atoms with Crippen LogP contribution in [0.25, 0.3) is 11.3 Å². The molecule has 1 amide bonds. The van der Waals surface area contributed by atoms with Crippen molar-refractivity contribution in [1.29, 1.82) is 0 Å². The van der Waals surface area contributed by atoms with Gasteiger partial charge >= 0.3 is 0 Å². The van der Waals surface area contributed by atoms with Crippen molar-refractivity contribution in [2.45, 2.75) is 32.9 Å². The summed E-state index contributed by atoms with van der Waals surface area (Å²) >= 11 is 12.4. The number of fused-ring (bicyclic) bond motifs is 1. The topological polar surface area (TPSA) is 34.5 Å².